The van der Waals surface area contributed by atoms with Crippen LogP contribution in [0.1, 0.15) is 39.2 Å². The highest BCUT2D eigenvalue weighted by Gasteiger charge is 2.34. The number of hydrogen-bond donors (Lipinski definition) is 0. The average Bonchev–Trinajstić information content (AvgIpc) is 2.84. The highest BCUT2D eigenvalue weighted by molar-refractivity contribution is 8.18. The van der Waals surface area contributed by atoms with Crippen molar-refractivity contribution in [1.29, 1.82) is 0 Å². The molecule has 1 saturated heterocycles. The van der Waals surface area contributed by atoms with Crippen LogP contribution in [0.5, 0.6) is 11.5 Å². The molecule has 1 aliphatic heterocycles. The fourth-order valence-corrected chi connectivity index (χ4v) is 3.42. The third-order valence-electron chi connectivity index (χ3n) is 3.76. The lowest BCUT2D eigenvalue weighted by molar-refractivity contribution is -0.122. The first-order valence-corrected chi connectivity index (χ1v) is 9.40. The van der Waals surface area contributed by atoms with Gasteiger partial charge in [-0.3, -0.25) is 14.5 Å². The van der Waals surface area contributed by atoms with Gasteiger partial charge in [0.05, 0.1) is 23.1 Å². The zero-order chi connectivity index (χ0) is 18.6. The Labute approximate surface area is 157 Å². The van der Waals surface area contributed by atoms with Crippen LogP contribution in [0.2, 0.25) is 5.02 Å². The summed E-state index contributed by atoms with van der Waals surface area (Å²) in [4.78, 5) is 25.9. The summed E-state index contributed by atoms with van der Waals surface area (Å²) in [6, 6.07) is 3.45. The molecule has 0 saturated carbocycles. The second-order valence-corrected chi connectivity index (χ2v) is 7.10. The van der Waals surface area contributed by atoms with Gasteiger partial charge in [0.2, 0.25) is 0 Å². The van der Waals surface area contributed by atoms with Crippen LogP contribution in [-0.4, -0.2) is 35.8 Å². The first-order valence-electron chi connectivity index (χ1n) is 8.20. The number of hydrogen-bond acceptors (Lipinski definition) is 5. The van der Waals surface area contributed by atoms with Crippen LogP contribution in [0.4, 0.5) is 4.79 Å². The summed E-state index contributed by atoms with van der Waals surface area (Å²) in [5, 5.41) is 0.159. The smallest absolute Gasteiger partial charge is 0.293 e. The molecular formula is C18H22ClNO4S. The normalized spacial score (nSPS) is 17.3. The van der Waals surface area contributed by atoms with Crippen molar-refractivity contribution in [2.45, 2.75) is 39.7 Å². The molecule has 0 N–H and O–H groups in total. The Morgan fingerprint density at radius 1 is 1.32 bits per heavy atom. The molecule has 1 fully saturated rings. The molecule has 136 valence electrons. The van der Waals surface area contributed by atoms with E-state index in [1.54, 1.807) is 18.2 Å². The highest BCUT2D eigenvalue weighted by Crippen LogP contribution is 2.39. The fraction of sp³-hybridized carbons (Fsp3) is 0.444. The first-order chi connectivity index (χ1) is 11.9. The number of rotatable bonds is 7. The van der Waals surface area contributed by atoms with Crippen molar-refractivity contribution in [3.63, 3.8) is 0 Å². The van der Waals surface area contributed by atoms with Gasteiger partial charge in [-0.25, -0.2) is 0 Å². The molecule has 0 unspecified atom stereocenters. The summed E-state index contributed by atoms with van der Waals surface area (Å²) in [7, 11) is 1.54. The third-order valence-corrected chi connectivity index (χ3v) is 4.95. The van der Waals surface area contributed by atoms with E-state index < -0.39 is 0 Å². The number of methoxy groups -OCH3 is 1. The number of benzene rings is 1. The summed E-state index contributed by atoms with van der Waals surface area (Å²) in [5.74, 6) is 0.702. The monoisotopic (exact) mass is 383 g/mol. The summed E-state index contributed by atoms with van der Waals surface area (Å²) in [6.45, 7) is 6.32. The van der Waals surface area contributed by atoms with Crippen molar-refractivity contribution in [2.75, 3.05) is 13.7 Å². The van der Waals surface area contributed by atoms with E-state index in [-0.39, 0.29) is 17.3 Å². The molecule has 1 aromatic carbocycles. The summed E-state index contributed by atoms with van der Waals surface area (Å²) >= 11 is 7.28. The Kier molecular flexibility index (Phi) is 6.79. The number of carbonyl (C=O) groups is 2. The van der Waals surface area contributed by atoms with E-state index in [2.05, 4.69) is 0 Å². The minimum Gasteiger partial charge on any atom is -0.493 e. The van der Waals surface area contributed by atoms with E-state index in [1.165, 1.54) is 12.0 Å². The summed E-state index contributed by atoms with van der Waals surface area (Å²) < 4.78 is 11.2. The third kappa shape index (κ3) is 4.50. The SMILES string of the molecule is CCCN1C(=O)S/C(=C/c2cc(Cl)c(O[C@H](C)CC)c(OC)c2)C1=O. The van der Waals surface area contributed by atoms with Gasteiger partial charge in [-0.15, -0.1) is 0 Å². The van der Waals surface area contributed by atoms with Crippen LogP contribution in [-0.2, 0) is 4.79 Å². The average molecular weight is 384 g/mol. The van der Waals surface area contributed by atoms with Gasteiger partial charge in [0.1, 0.15) is 0 Å². The van der Waals surface area contributed by atoms with E-state index in [0.717, 1.165) is 24.6 Å². The van der Waals surface area contributed by atoms with Crippen LogP contribution >= 0.6 is 23.4 Å². The molecular weight excluding hydrogens is 362 g/mol. The van der Waals surface area contributed by atoms with Crippen LogP contribution in [0, 0.1) is 0 Å². The van der Waals surface area contributed by atoms with Gasteiger partial charge in [-0.05, 0) is 55.3 Å². The summed E-state index contributed by atoms with van der Waals surface area (Å²) in [5.41, 5.74) is 0.681. The van der Waals surface area contributed by atoms with Crippen molar-refractivity contribution in [3.8, 4) is 11.5 Å². The molecule has 25 heavy (non-hydrogen) atoms. The zero-order valence-corrected chi connectivity index (χ0v) is 16.4. The van der Waals surface area contributed by atoms with Gasteiger partial charge < -0.3 is 9.47 Å². The van der Waals surface area contributed by atoms with Crippen LogP contribution in [0.15, 0.2) is 17.0 Å². The molecule has 0 aliphatic carbocycles. The van der Waals surface area contributed by atoms with Gasteiger partial charge in [0.25, 0.3) is 11.1 Å². The largest absolute Gasteiger partial charge is 0.493 e. The van der Waals surface area contributed by atoms with Gasteiger partial charge in [0, 0.05) is 6.54 Å². The maximum atomic E-state index is 12.3. The number of imide groups is 1. The van der Waals surface area contributed by atoms with E-state index in [1.807, 2.05) is 20.8 Å². The quantitative estimate of drug-likeness (QED) is 0.622. The molecule has 0 aromatic heterocycles. The standard InChI is InChI=1S/C18H22ClNO4S/c1-5-7-20-17(21)15(25-18(20)22)10-12-8-13(19)16(14(9-12)23-4)24-11(3)6-2/h8-11H,5-7H2,1-4H3/b15-10+/t11-/m1/s1. The molecule has 1 atom stereocenters. The lowest BCUT2D eigenvalue weighted by Crippen LogP contribution is -2.28. The summed E-state index contributed by atoms with van der Waals surface area (Å²) in [6.07, 6.45) is 3.23. The minimum atomic E-state index is -0.271. The van der Waals surface area contributed by atoms with Crippen LogP contribution < -0.4 is 9.47 Å². The molecule has 2 amide bonds. The Bertz CT molecular complexity index is 705. The molecule has 0 bridgehead atoms. The first kappa shape index (κ1) is 19.7. The van der Waals surface area contributed by atoms with Crippen LogP contribution in [0.3, 0.4) is 0 Å². The van der Waals surface area contributed by atoms with Crippen LogP contribution in [0.25, 0.3) is 6.08 Å². The van der Waals surface area contributed by atoms with Gasteiger partial charge >= 0.3 is 0 Å². The number of carbonyl (C=O) groups excluding carboxylic acids is 2. The number of amides is 2. The van der Waals surface area contributed by atoms with Crippen molar-refractivity contribution in [3.05, 3.63) is 27.6 Å². The Hall–Kier alpha value is -1.66. The molecule has 7 heteroatoms. The maximum absolute atomic E-state index is 12.3. The lowest BCUT2D eigenvalue weighted by Gasteiger charge is -2.17. The number of halogens is 1. The van der Waals surface area contributed by atoms with Gasteiger partial charge in [0.15, 0.2) is 11.5 Å². The molecule has 1 aliphatic rings. The van der Waals surface area contributed by atoms with Gasteiger partial charge in [-0.2, -0.15) is 0 Å². The molecule has 1 heterocycles. The van der Waals surface area contributed by atoms with E-state index in [9.17, 15) is 9.59 Å². The molecule has 1 aromatic rings. The fourth-order valence-electron chi connectivity index (χ4n) is 2.29. The Morgan fingerprint density at radius 3 is 2.64 bits per heavy atom. The number of nitrogens with zero attached hydrogens (tertiary/aromatic N) is 1. The molecule has 0 radical (unpaired) electrons. The molecule has 0 spiro atoms. The second kappa shape index (κ2) is 8.63. The Morgan fingerprint density at radius 2 is 2.04 bits per heavy atom. The van der Waals surface area contributed by atoms with Crippen molar-refractivity contribution >= 4 is 40.6 Å². The lowest BCUT2D eigenvalue weighted by atomic mass is 10.1. The minimum absolute atomic E-state index is 0.00259. The topological polar surface area (TPSA) is 55.8 Å². The van der Waals surface area contributed by atoms with E-state index in [4.69, 9.17) is 21.1 Å². The van der Waals surface area contributed by atoms with Crippen molar-refractivity contribution in [2.24, 2.45) is 0 Å². The van der Waals surface area contributed by atoms with Crippen molar-refractivity contribution < 1.29 is 19.1 Å². The molecule has 5 nitrogen and oxygen atoms in total. The second-order valence-electron chi connectivity index (χ2n) is 5.70. The highest BCUT2D eigenvalue weighted by atomic mass is 35.5. The Balaban J connectivity index is 2.33. The van der Waals surface area contributed by atoms with Crippen molar-refractivity contribution in [1.82, 2.24) is 4.90 Å². The predicted molar refractivity (Wildman–Crippen MR) is 101 cm³/mol. The number of thioether (sulfide) groups is 1. The number of ether oxygens (including phenoxy) is 2. The van der Waals surface area contributed by atoms with E-state index in [0.29, 0.717) is 33.5 Å². The molecule has 2 rings (SSSR count). The zero-order valence-electron chi connectivity index (χ0n) is 14.8. The van der Waals surface area contributed by atoms with Gasteiger partial charge in [-0.1, -0.05) is 25.4 Å². The van der Waals surface area contributed by atoms with E-state index >= 15 is 0 Å². The predicted octanol–water partition coefficient (Wildman–Crippen LogP) is 4.97. The maximum Gasteiger partial charge on any atom is 0.293 e.